The van der Waals surface area contributed by atoms with Crippen molar-refractivity contribution in [3.63, 3.8) is 0 Å². The van der Waals surface area contributed by atoms with Crippen LogP contribution in [0.15, 0.2) is 88.7 Å². The van der Waals surface area contributed by atoms with Crippen LogP contribution in [0.3, 0.4) is 0 Å². The van der Waals surface area contributed by atoms with E-state index >= 15 is 0 Å². The topological polar surface area (TPSA) is 221 Å². The number of carbonyl (C=O) groups excluding carboxylic acids is 2. The third-order valence-corrected chi connectivity index (χ3v) is 12.9. The number of quaternary nitrogens is 1. The predicted octanol–water partition coefficient (Wildman–Crippen LogP) is 1.39. The fourth-order valence-corrected chi connectivity index (χ4v) is 9.37. The van der Waals surface area contributed by atoms with Gasteiger partial charge in [-0.3, -0.25) is 9.59 Å². The molecule has 0 aliphatic carbocycles. The van der Waals surface area contributed by atoms with Crippen LogP contribution in [-0.2, 0) is 57.2 Å². The number of fused-ring (bicyclic) bond motifs is 2. The van der Waals surface area contributed by atoms with Gasteiger partial charge < -0.3 is 31.3 Å². The minimum Gasteiger partial charge on any atom is -0.504 e. The summed E-state index contributed by atoms with van der Waals surface area (Å²) in [5.74, 6) is -4.53. The van der Waals surface area contributed by atoms with Crippen LogP contribution in [-0.4, -0.2) is 85.4 Å². The molecule has 2 heterocycles. The molecule has 2 aliphatic heterocycles. The van der Waals surface area contributed by atoms with Gasteiger partial charge in [0.2, 0.25) is 31.7 Å². The zero-order chi connectivity index (χ0) is 37.9. The number of nitrogens with one attached hydrogen (secondary N) is 2. The van der Waals surface area contributed by atoms with Gasteiger partial charge in [0, 0.05) is 39.1 Å². The second kappa shape index (κ2) is 15.5. The second-order valence-electron chi connectivity index (χ2n) is 13.1. The number of phenolic OH excluding ortho intramolecular Hbond substituents is 3. The number of carbonyl (C=O) groups is 2. The van der Waals surface area contributed by atoms with E-state index in [1.54, 1.807) is 42.5 Å². The van der Waals surface area contributed by atoms with E-state index in [-0.39, 0.29) is 37.5 Å². The number of nitrogens with zero attached hydrogens (tertiary/aromatic N) is 2. The van der Waals surface area contributed by atoms with Gasteiger partial charge in [0.05, 0.1) is 17.0 Å². The average molecular weight is 765 g/mol. The first-order valence-corrected chi connectivity index (χ1v) is 20.1. The second-order valence-corrected chi connectivity index (χ2v) is 16.7. The minimum atomic E-state index is -4.44. The Morgan fingerprint density at radius 2 is 1.45 bits per heavy atom. The summed E-state index contributed by atoms with van der Waals surface area (Å²) in [5, 5.41) is 34.9. The molecule has 14 nitrogen and oxygen atoms in total. The number of sulfonamides is 2. The van der Waals surface area contributed by atoms with Crippen molar-refractivity contribution in [3.05, 3.63) is 112 Å². The number of amides is 2. The smallest absolute Gasteiger partial charge is 0.258 e. The van der Waals surface area contributed by atoms with Gasteiger partial charge in [0.1, 0.15) is 10.9 Å². The first kappa shape index (κ1) is 37.7. The summed E-state index contributed by atoms with van der Waals surface area (Å²) >= 11 is 0. The van der Waals surface area contributed by atoms with E-state index in [0.717, 1.165) is 32.6 Å². The summed E-state index contributed by atoms with van der Waals surface area (Å²) in [4.78, 5) is 27.4. The van der Waals surface area contributed by atoms with Crippen LogP contribution in [0.4, 0.5) is 0 Å². The molecule has 16 heteroatoms. The number of hydrogen-bond acceptors (Lipinski definition) is 9. The van der Waals surface area contributed by atoms with Gasteiger partial charge in [0.15, 0.2) is 11.5 Å². The maximum Gasteiger partial charge on any atom is 0.258 e. The molecule has 0 saturated carbocycles. The van der Waals surface area contributed by atoms with Crippen LogP contribution < -0.4 is 15.8 Å². The van der Waals surface area contributed by atoms with Gasteiger partial charge in [-0.05, 0) is 65.3 Å². The molecule has 280 valence electrons. The third-order valence-electron chi connectivity index (χ3n) is 9.57. The van der Waals surface area contributed by atoms with E-state index in [1.165, 1.54) is 17.0 Å². The molecule has 8 N–H and O–H groups in total. The van der Waals surface area contributed by atoms with Crippen LogP contribution in [0.1, 0.15) is 44.6 Å². The Balaban J connectivity index is 1.24. The highest BCUT2D eigenvalue weighted by Crippen LogP contribution is 2.44. The molecule has 0 spiro atoms. The van der Waals surface area contributed by atoms with Crippen LogP contribution in [0.5, 0.6) is 17.2 Å². The Hall–Kier alpha value is -5.00. The van der Waals surface area contributed by atoms with E-state index in [9.17, 15) is 41.7 Å². The van der Waals surface area contributed by atoms with Gasteiger partial charge in [-0.15, -0.1) is 0 Å². The van der Waals surface area contributed by atoms with E-state index in [4.69, 9.17) is 0 Å². The Morgan fingerprint density at radius 3 is 2.19 bits per heavy atom. The van der Waals surface area contributed by atoms with Crippen LogP contribution in [0.25, 0.3) is 0 Å². The molecule has 4 aromatic rings. The number of hydrogen-bond donors (Lipinski definition) is 6. The molecule has 6 rings (SSSR count). The molecule has 0 radical (unpaired) electrons. The molecule has 2 amide bonds. The van der Waals surface area contributed by atoms with Crippen LogP contribution in [0, 0.1) is 0 Å². The predicted molar refractivity (Wildman–Crippen MR) is 194 cm³/mol. The highest BCUT2D eigenvalue weighted by atomic mass is 32.2. The molecule has 1 atom stereocenters. The number of phenols is 3. The van der Waals surface area contributed by atoms with Crippen molar-refractivity contribution < 1.29 is 47.5 Å². The first-order valence-electron chi connectivity index (χ1n) is 17.2. The molecule has 4 aromatic carbocycles. The summed E-state index contributed by atoms with van der Waals surface area (Å²) in [6, 6.07) is 20.6. The quantitative estimate of drug-likeness (QED) is 0.0905. The fourth-order valence-electron chi connectivity index (χ4n) is 6.60. The van der Waals surface area contributed by atoms with Gasteiger partial charge in [-0.2, -0.15) is 9.03 Å². The summed E-state index contributed by atoms with van der Waals surface area (Å²) in [7, 11) is -8.68. The minimum absolute atomic E-state index is 0.0140. The van der Waals surface area contributed by atoms with Gasteiger partial charge >= 0.3 is 0 Å². The zero-order valence-corrected chi connectivity index (χ0v) is 30.5. The molecule has 0 saturated heterocycles. The Bertz CT molecular complexity index is 2250. The molecule has 0 bridgehead atoms. The molecule has 0 aromatic heterocycles. The van der Waals surface area contributed by atoms with E-state index in [0.29, 0.717) is 37.9 Å². The van der Waals surface area contributed by atoms with Crippen molar-refractivity contribution in [3.8, 4) is 17.2 Å². The van der Waals surface area contributed by atoms with E-state index in [2.05, 4.69) is 15.8 Å². The maximum atomic E-state index is 13.9. The standard InChI is InChI=1S/C37H41N5O9S2/c38-15-6-16-39-36(46)31(19-24-7-2-1-3-8-24)40-52(48,49)29-12-11-26-13-17-41(22-28(26)20-29)37(47)30-21-32(34(44)35(45)33(30)43)53(50,51)42-18-14-25-9-4-5-10-27(25)23-42/h1-5,7-12,20-21,31,40,43-45H,6,13-19,22-23,38H2,(H,39,46)/p+1/t31-/m0/s1. The van der Waals surface area contributed by atoms with Crippen molar-refractivity contribution in [1.29, 1.82) is 0 Å². The highest BCUT2D eigenvalue weighted by molar-refractivity contribution is 7.89. The highest BCUT2D eigenvalue weighted by Gasteiger charge is 2.36. The van der Waals surface area contributed by atoms with Crippen molar-refractivity contribution in [2.75, 3.05) is 26.2 Å². The van der Waals surface area contributed by atoms with Crippen molar-refractivity contribution in [1.82, 2.24) is 19.2 Å². The van der Waals surface area contributed by atoms with Crippen LogP contribution in [0.2, 0.25) is 0 Å². The normalized spacial score (nSPS) is 15.3. The number of benzene rings is 4. The van der Waals surface area contributed by atoms with E-state index in [1.807, 2.05) is 18.2 Å². The van der Waals surface area contributed by atoms with Gasteiger partial charge in [-0.1, -0.05) is 60.7 Å². The average Bonchev–Trinajstić information content (AvgIpc) is 3.16. The Kier molecular flexibility index (Phi) is 11.1. The van der Waals surface area contributed by atoms with Crippen molar-refractivity contribution >= 4 is 31.9 Å². The lowest BCUT2D eigenvalue weighted by Gasteiger charge is -2.30. The molecular weight excluding hydrogens is 723 g/mol. The number of rotatable bonds is 12. The fraction of sp³-hybridized carbons (Fsp3) is 0.297. The van der Waals surface area contributed by atoms with Gasteiger partial charge in [-0.25, -0.2) is 16.8 Å². The number of aromatic hydroxyl groups is 3. The first-order chi connectivity index (χ1) is 25.3. The molecule has 0 unspecified atom stereocenters. The Labute approximate surface area is 308 Å². The van der Waals surface area contributed by atoms with E-state index < -0.39 is 65.6 Å². The largest absolute Gasteiger partial charge is 0.504 e. The Morgan fingerprint density at radius 1 is 0.774 bits per heavy atom. The summed E-state index contributed by atoms with van der Waals surface area (Å²) in [5.41, 5.74) is 7.00. The van der Waals surface area contributed by atoms with Crippen LogP contribution >= 0.6 is 0 Å². The molecule has 0 fully saturated rings. The summed E-state index contributed by atoms with van der Waals surface area (Å²) < 4.78 is 58.6. The lowest BCUT2D eigenvalue weighted by molar-refractivity contribution is -0.367. The lowest BCUT2D eigenvalue weighted by Crippen LogP contribution is -2.52. The van der Waals surface area contributed by atoms with Gasteiger partial charge in [0.25, 0.3) is 5.91 Å². The molecular formula is C37H42N5O9S2+. The third kappa shape index (κ3) is 8.01. The zero-order valence-electron chi connectivity index (χ0n) is 28.9. The van der Waals surface area contributed by atoms with Crippen molar-refractivity contribution in [2.45, 2.75) is 54.6 Å². The molecule has 2 aliphatic rings. The van der Waals surface area contributed by atoms with Crippen molar-refractivity contribution in [2.24, 2.45) is 0 Å². The summed E-state index contributed by atoms with van der Waals surface area (Å²) in [6.45, 7) is 1.08. The summed E-state index contributed by atoms with van der Waals surface area (Å²) in [6.07, 6.45) is 1.46. The maximum absolute atomic E-state index is 13.9. The molecule has 53 heavy (non-hydrogen) atoms. The lowest BCUT2D eigenvalue weighted by atomic mass is 9.99. The monoisotopic (exact) mass is 764 g/mol. The SMILES string of the molecule is [NH3+]CCCNC(=O)[C@H](Cc1ccccc1)NS(=O)(=O)c1ccc2c(c1)CN(C(=O)c1cc(S(=O)(=O)N3CCc4ccccc4C3)c(O)c(O)c1O)CC2.